The lowest BCUT2D eigenvalue weighted by atomic mass is 9.91. The van der Waals surface area contributed by atoms with Gasteiger partial charge in [0.25, 0.3) is 0 Å². The number of ether oxygens (including phenoxy) is 1. The highest BCUT2D eigenvalue weighted by molar-refractivity contribution is 5.78. The molecule has 0 saturated carbocycles. The maximum Gasteiger partial charge on any atom is 0.249 e. The van der Waals surface area contributed by atoms with E-state index in [4.69, 9.17) is 4.74 Å². The van der Waals surface area contributed by atoms with E-state index in [9.17, 15) is 9.90 Å². The minimum Gasteiger partial charge on any atom is -0.508 e. The van der Waals surface area contributed by atoms with Gasteiger partial charge in [-0.05, 0) is 37.1 Å². The van der Waals surface area contributed by atoms with Crippen LogP contribution in [0.3, 0.4) is 0 Å². The summed E-state index contributed by atoms with van der Waals surface area (Å²) in [6, 6.07) is 7.06. The molecule has 1 amide bonds. The van der Waals surface area contributed by atoms with Crippen LogP contribution in [0.4, 0.5) is 0 Å². The van der Waals surface area contributed by atoms with Gasteiger partial charge >= 0.3 is 0 Å². The quantitative estimate of drug-likeness (QED) is 0.841. The number of hydrogen-bond donors (Lipinski definition) is 2. The average molecular weight is 276 g/mol. The molecule has 20 heavy (non-hydrogen) atoms. The average Bonchev–Trinajstić information content (AvgIpc) is 2.44. The summed E-state index contributed by atoms with van der Waals surface area (Å²) in [5.41, 5.74) is 0.711. The summed E-state index contributed by atoms with van der Waals surface area (Å²) >= 11 is 0. The Balaban J connectivity index is 1.72. The number of morpholine rings is 1. The van der Waals surface area contributed by atoms with Crippen LogP contribution in [0, 0.1) is 0 Å². The zero-order valence-electron chi connectivity index (χ0n) is 11.5. The molecule has 1 atom stereocenters. The topological polar surface area (TPSA) is 61.8 Å². The first-order valence-corrected chi connectivity index (χ1v) is 7.07. The summed E-state index contributed by atoms with van der Waals surface area (Å²) in [4.78, 5) is 13.9. The highest BCUT2D eigenvalue weighted by atomic mass is 16.5. The number of carbonyl (C=O) groups is 1. The predicted molar refractivity (Wildman–Crippen MR) is 74.3 cm³/mol. The van der Waals surface area contributed by atoms with E-state index in [0.29, 0.717) is 13.1 Å². The van der Waals surface area contributed by atoms with Gasteiger partial charge in [0.1, 0.15) is 12.4 Å². The van der Waals surface area contributed by atoms with Crippen LogP contribution in [0.5, 0.6) is 5.75 Å². The Hall–Kier alpha value is -1.59. The van der Waals surface area contributed by atoms with E-state index in [1.807, 2.05) is 11.0 Å². The van der Waals surface area contributed by atoms with Crippen molar-refractivity contribution in [2.45, 2.75) is 25.0 Å². The molecule has 2 N–H and O–H groups in total. The van der Waals surface area contributed by atoms with Gasteiger partial charge in [-0.2, -0.15) is 0 Å². The molecule has 1 aromatic rings. The molecular formula is C15H20N2O3. The second kappa shape index (κ2) is 5.42. The molecule has 2 saturated heterocycles. The number of piperidine rings is 1. The first-order valence-electron chi connectivity index (χ1n) is 7.07. The SMILES string of the molecule is O=C1COC2(CCCNC2)CN1Cc1cccc(O)c1. The Morgan fingerprint density at radius 1 is 1.45 bits per heavy atom. The van der Waals surface area contributed by atoms with Gasteiger partial charge in [0.05, 0.1) is 12.1 Å². The standard InChI is InChI=1S/C15H20N2O3/c18-13-4-1-3-12(7-13)8-17-11-15(20-9-14(17)19)5-2-6-16-10-15/h1,3-4,7,16,18H,2,5-6,8-11H2. The maximum absolute atomic E-state index is 12.0. The second-order valence-corrected chi connectivity index (χ2v) is 5.67. The summed E-state index contributed by atoms with van der Waals surface area (Å²) in [5.74, 6) is 0.252. The lowest BCUT2D eigenvalue weighted by Gasteiger charge is -2.44. The third kappa shape index (κ3) is 2.78. The fourth-order valence-corrected chi connectivity index (χ4v) is 3.01. The van der Waals surface area contributed by atoms with E-state index < -0.39 is 0 Å². The Labute approximate surface area is 118 Å². The second-order valence-electron chi connectivity index (χ2n) is 5.67. The Kier molecular flexibility index (Phi) is 3.63. The monoisotopic (exact) mass is 276 g/mol. The Morgan fingerprint density at radius 3 is 3.10 bits per heavy atom. The number of carbonyl (C=O) groups excluding carboxylic acids is 1. The number of benzene rings is 1. The van der Waals surface area contributed by atoms with Crippen LogP contribution in [-0.4, -0.2) is 47.8 Å². The Morgan fingerprint density at radius 2 is 2.35 bits per heavy atom. The van der Waals surface area contributed by atoms with Crippen molar-refractivity contribution in [2.75, 3.05) is 26.2 Å². The number of hydrogen-bond acceptors (Lipinski definition) is 4. The molecule has 2 fully saturated rings. The molecule has 0 aliphatic carbocycles. The molecule has 3 rings (SSSR count). The van der Waals surface area contributed by atoms with Crippen molar-refractivity contribution < 1.29 is 14.6 Å². The molecule has 5 heteroatoms. The fourth-order valence-electron chi connectivity index (χ4n) is 3.01. The van der Waals surface area contributed by atoms with Gasteiger partial charge in [0.15, 0.2) is 0 Å². The molecule has 0 bridgehead atoms. The van der Waals surface area contributed by atoms with E-state index in [1.54, 1.807) is 18.2 Å². The first kappa shape index (κ1) is 13.4. The van der Waals surface area contributed by atoms with Crippen LogP contribution in [-0.2, 0) is 16.1 Å². The van der Waals surface area contributed by atoms with Gasteiger partial charge in [-0.25, -0.2) is 0 Å². The zero-order valence-corrected chi connectivity index (χ0v) is 11.5. The molecular weight excluding hydrogens is 256 g/mol. The summed E-state index contributed by atoms with van der Waals surface area (Å²) in [5, 5.41) is 12.9. The van der Waals surface area contributed by atoms with Crippen LogP contribution in [0.2, 0.25) is 0 Å². The van der Waals surface area contributed by atoms with Crippen molar-refractivity contribution >= 4 is 5.91 Å². The van der Waals surface area contributed by atoms with Crippen molar-refractivity contribution in [2.24, 2.45) is 0 Å². The summed E-state index contributed by atoms with van der Waals surface area (Å²) in [6.07, 6.45) is 2.07. The molecule has 2 aliphatic rings. The Bertz CT molecular complexity index is 498. The maximum atomic E-state index is 12.0. The molecule has 1 aromatic carbocycles. The molecule has 108 valence electrons. The number of nitrogens with zero attached hydrogens (tertiary/aromatic N) is 1. The van der Waals surface area contributed by atoms with Gasteiger partial charge < -0.3 is 20.1 Å². The molecule has 2 aliphatic heterocycles. The van der Waals surface area contributed by atoms with E-state index in [-0.39, 0.29) is 23.9 Å². The number of rotatable bonds is 2. The minimum atomic E-state index is -0.233. The molecule has 2 heterocycles. The van der Waals surface area contributed by atoms with Gasteiger partial charge in [-0.3, -0.25) is 4.79 Å². The lowest BCUT2D eigenvalue weighted by molar-refractivity contribution is -0.167. The normalized spacial score (nSPS) is 27.0. The number of aromatic hydroxyl groups is 1. The van der Waals surface area contributed by atoms with Crippen molar-refractivity contribution in [3.63, 3.8) is 0 Å². The highest BCUT2D eigenvalue weighted by Gasteiger charge is 2.40. The minimum absolute atomic E-state index is 0.0181. The fraction of sp³-hybridized carbons (Fsp3) is 0.533. The van der Waals surface area contributed by atoms with Crippen molar-refractivity contribution in [1.82, 2.24) is 10.2 Å². The largest absolute Gasteiger partial charge is 0.508 e. The molecule has 0 aromatic heterocycles. The van der Waals surface area contributed by atoms with E-state index >= 15 is 0 Å². The number of nitrogens with one attached hydrogen (secondary N) is 1. The third-order valence-electron chi connectivity index (χ3n) is 4.05. The van der Waals surface area contributed by atoms with Crippen LogP contribution < -0.4 is 5.32 Å². The summed E-state index contributed by atoms with van der Waals surface area (Å²) in [7, 11) is 0. The zero-order chi connectivity index (χ0) is 14.0. The molecule has 5 nitrogen and oxygen atoms in total. The van der Waals surface area contributed by atoms with E-state index in [1.165, 1.54) is 0 Å². The summed E-state index contributed by atoms with van der Waals surface area (Å²) in [6.45, 7) is 3.12. The van der Waals surface area contributed by atoms with Gasteiger partial charge in [0.2, 0.25) is 5.91 Å². The van der Waals surface area contributed by atoms with Crippen molar-refractivity contribution in [3.8, 4) is 5.75 Å². The van der Waals surface area contributed by atoms with Crippen LogP contribution >= 0.6 is 0 Å². The van der Waals surface area contributed by atoms with Crippen LogP contribution in [0.15, 0.2) is 24.3 Å². The first-order chi connectivity index (χ1) is 9.67. The van der Waals surface area contributed by atoms with Crippen LogP contribution in [0.1, 0.15) is 18.4 Å². The summed E-state index contributed by atoms with van der Waals surface area (Å²) < 4.78 is 5.81. The van der Waals surface area contributed by atoms with Crippen LogP contribution in [0.25, 0.3) is 0 Å². The lowest BCUT2D eigenvalue weighted by Crippen LogP contribution is -2.60. The predicted octanol–water partition coefficient (Wildman–Crippen LogP) is 0.873. The number of phenolic OH excluding ortho intramolecular Hbond substituents is 1. The van der Waals surface area contributed by atoms with Gasteiger partial charge in [0, 0.05) is 13.1 Å². The molecule has 1 unspecified atom stereocenters. The highest BCUT2D eigenvalue weighted by Crippen LogP contribution is 2.27. The van der Waals surface area contributed by atoms with E-state index in [2.05, 4.69) is 5.32 Å². The van der Waals surface area contributed by atoms with E-state index in [0.717, 1.165) is 31.5 Å². The number of phenols is 1. The van der Waals surface area contributed by atoms with Gasteiger partial charge in [-0.1, -0.05) is 12.1 Å². The van der Waals surface area contributed by atoms with Crippen molar-refractivity contribution in [3.05, 3.63) is 29.8 Å². The molecule has 1 spiro atoms. The number of amides is 1. The van der Waals surface area contributed by atoms with Crippen molar-refractivity contribution in [1.29, 1.82) is 0 Å². The third-order valence-corrected chi connectivity index (χ3v) is 4.05. The van der Waals surface area contributed by atoms with Gasteiger partial charge in [-0.15, -0.1) is 0 Å². The smallest absolute Gasteiger partial charge is 0.249 e. The molecule has 0 radical (unpaired) electrons.